The molecule has 0 spiro atoms. The third-order valence-corrected chi connectivity index (χ3v) is 10.2. The van der Waals surface area contributed by atoms with E-state index in [2.05, 4.69) is 146 Å². The Kier molecular flexibility index (Phi) is 5.14. The largest absolute Gasteiger partial charge is 0.455 e. The van der Waals surface area contributed by atoms with Crippen molar-refractivity contribution in [3.63, 3.8) is 0 Å². The van der Waals surface area contributed by atoms with Gasteiger partial charge < -0.3 is 8.83 Å². The Bertz CT molecular complexity index is 3060. The molecule has 2 nitrogen and oxygen atoms in total. The summed E-state index contributed by atoms with van der Waals surface area (Å²) < 4.78 is 13.2. The maximum absolute atomic E-state index is 6.69. The van der Waals surface area contributed by atoms with Gasteiger partial charge in [0, 0.05) is 21.5 Å². The first-order valence-corrected chi connectivity index (χ1v) is 16.4. The minimum Gasteiger partial charge on any atom is -0.455 e. The average Bonchev–Trinajstić information content (AvgIpc) is 3.72. The van der Waals surface area contributed by atoms with Gasteiger partial charge in [0.25, 0.3) is 0 Å². The van der Waals surface area contributed by atoms with Gasteiger partial charge in [-0.1, -0.05) is 127 Å². The summed E-state index contributed by atoms with van der Waals surface area (Å²) in [6.45, 7) is 0. The van der Waals surface area contributed by atoms with Crippen molar-refractivity contribution in [2.24, 2.45) is 0 Å². The molecule has 2 heteroatoms. The highest BCUT2D eigenvalue weighted by Crippen LogP contribution is 2.47. The van der Waals surface area contributed by atoms with Gasteiger partial charge in [-0.2, -0.15) is 0 Å². The first kappa shape index (κ1) is 25.8. The molecule has 2 heterocycles. The van der Waals surface area contributed by atoms with Crippen LogP contribution >= 0.6 is 0 Å². The first-order valence-electron chi connectivity index (χ1n) is 16.4. The lowest BCUT2D eigenvalue weighted by Gasteiger charge is -2.18. The molecule has 0 aliphatic carbocycles. The summed E-state index contributed by atoms with van der Waals surface area (Å²) >= 11 is 0. The second-order valence-corrected chi connectivity index (χ2v) is 12.8. The molecule has 2 aromatic heterocycles. The summed E-state index contributed by atoms with van der Waals surface area (Å²) in [7, 11) is 0. The standard InChI is InChI=1S/C46H26O2/c1-2-12-30-27(10-1)11-9-18-32(30)44-35-16-5-3-14-33(35)42(34-15-4-6-17-36(34)44)29-22-25-41-39(26-29)38-24-21-28-20-23-37-31-13-7-8-19-40(31)47-45(37)43(28)46(38)48-41/h1-26H. The minimum absolute atomic E-state index is 0.866. The fourth-order valence-electron chi connectivity index (χ4n) is 8.15. The van der Waals surface area contributed by atoms with Gasteiger partial charge >= 0.3 is 0 Å². The molecule has 0 bridgehead atoms. The molecule has 0 saturated heterocycles. The van der Waals surface area contributed by atoms with Crippen LogP contribution in [0.25, 0.3) is 109 Å². The molecule has 0 saturated carbocycles. The molecule has 0 fully saturated rings. The van der Waals surface area contributed by atoms with Crippen molar-refractivity contribution < 1.29 is 8.83 Å². The minimum atomic E-state index is 0.866. The monoisotopic (exact) mass is 610 g/mol. The molecule has 0 aliphatic rings. The molecule has 11 aromatic rings. The van der Waals surface area contributed by atoms with Crippen LogP contribution in [0.5, 0.6) is 0 Å². The third kappa shape index (κ3) is 3.46. The zero-order valence-corrected chi connectivity index (χ0v) is 25.8. The Morgan fingerprint density at radius 3 is 1.56 bits per heavy atom. The number of benzene rings is 9. The summed E-state index contributed by atoms with van der Waals surface area (Å²) in [6, 6.07) is 56.7. The van der Waals surface area contributed by atoms with Gasteiger partial charge in [0.2, 0.25) is 0 Å². The predicted octanol–water partition coefficient (Wildman–Crippen LogP) is 13.4. The molecule has 0 unspecified atom stereocenters. The number of fused-ring (bicyclic) bond motifs is 12. The SMILES string of the molecule is c1ccc2c(-c3c4ccccc4c(-c4ccc5oc6c(ccc7ccc8c9ccccc9oc8c76)c5c4)c4ccccc34)cccc2c1. The lowest BCUT2D eigenvalue weighted by atomic mass is 9.84. The number of furan rings is 2. The zero-order valence-electron chi connectivity index (χ0n) is 25.8. The summed E-state index contributed by atoms with van der Waals surface area (Å²) in [5.74, 6) is 0. The molecule has 0 aliphatic heterocycles. The van der Waals surface area contributed by atoms with Crippen molar-refractivity contribution in [2.75, 3.05) is 0 Å². The molecule has 0 amide bonds. The number of hydrogen-bond donors (Lipinski definition) is 0. The maximum Gasteiger partial charge on any atom is 0.147 e. The van der Waals surface area contributed by atoms with E-state index in [9.17, 15) is 0 Å². The third-order valence-electron chi connectivity index (χ3n) is 10.2. The topological polar surface area (TPSA) is 26.3 Å². The fourth-order valence-corrected chi connectivity index (χ4v) is 8.15. The van der Waals surface area contributed by atoms with Crippen LogP contribution in [0, 0.1) is 0 Å². The van der Waals surface area contributed by atoms with E-state index in [0.29, 0.717) is 0 Å². The van der Waals surface area contributed by atoms with E-state index in [1.54, 1.807) is 0 Å². The Morgan fingerprint density at radius 1 is 0.312 bits per heavy atom. The Hall–Kier alpha value is -6.38. The van der Waals surface area contributed by atoms with Crippen LogP contribution in [0.15, 0.2) is 167 Å². The second kappa shape index (κ2) is 9.57. The van der Waals surface area contributed by atoms with E-state index in [1.165, 1.54) is 54.6 Å². The molecule has 11 rings (SSSR count). The molecule has 0 atom stereocenters. The van der Waals surface area contributed by atoms with Crippen LogP contribution in [0.1, 0.15) is 0 Å². The Morgan fingerprint density at radius 2 is 0.854 bits per heavy atom. The lowest BCUT2D eigenvalue weighted by molar-refractivity contribution is 0.663. The van der Waals surface area contributed by atoms with Crippen molar-refractivity contribution in [1.29, 1.82) is 0 Å². The molecular formula is C46H26O2. The predicted molar refractivity (Wildman–Crippen MR) is 202 cm³/mol. The van der Waals surface area contributed by atoms with Crippen LogP contribution in [-0.4, -0.2) is 0 Å². The first-order chi connectivity index (χ1) is 23.8. The summed E-state index contributed by atoms with van der Waals surface area (Å²) in [6.07, 6.45) is 0. The van der Waals surface area contributed by atoms with Gasteiger partial charge in [0.1, 0.15) is 22.3 Å². The quantitative estimate of drug-likeness (QED) is 0.182. The van der Waals surface area contributed by atoms with Gasteiger partial charge in [-0.05, 0) is 90.3 Å². The van der Waals surface area contributed by atoms with Crippen LogP contribution in [0.2, 0.25) is 0 Å². The maximum atomic E-state index is 6.69. The van der Waals surface area contributed by atoms with Gasteiger partial charge in [0.05, 0.1) is 5.39 Å². The van der Waals surface area contributed by atoms with Gasteiger partial charge in [-0.3, -0.25) is 0 Å². The van der Waals surface area contributed by atoms with Crippen LogP contribution in [0.4, 0.5) is 0 Å². The summed E-state index contributed by atoms with van der Waals surface area (Å²) in [5.41, 5.74) is 8.44. The van der Waals surface area contributed by atoms with E-state index in [-0.39, 0.29) is 0 Å². The van der Waals surface area contributed by atoms with Crippen molar-refractivity contribution >= 4 is 87.0 Å². The van der Waals surface area contributed by atoms with Crippen molar-refractivity contribution in [2.45, 2.75) is 0 Å². The van der Waals surface area contributed by atoms with Crippen molar-refractivity contribution in [3.05, 3.63) is 158 Å². The van der Waals surface area contributed by atoms with E-state index in [4.69, 9.17) is 8.83 Å². The normalized spacial score (nSPS) is 12.2. The number of hydrogen-bond acceptors (Lipinski definition) is 2. The van der Waals surface area contributed by atoms with Crippen molar-refractivity contribution in [3.8, 4) is 22.3 Å². The molecule has 0 radical (unpaired) electrons. The highest BCUT2D eigenvalue weighted by molar-refractivity contribution is 6.27. The van der Waals surface area contributed by atoms with Gasteiger partial charge in [-0.25, -0.2) is 0 Å². The van der Waals surface area contributed by atoms with E-state index < -0.39 is 0 Å². The van der Waals surface area contributed by atoms with E-state index in [0.717, 1.165) is 54.6 Å². The lowest BCUT2D eigenvalue weighted by Crippen LogP contribution is -1.91. The van der Waals surface area contributed by atoms with Gasteiger partial charge in [-0.15, -0.1) is 0 Å². The Balaban J connectivity index is 1.22. The summed E-state index contributed by atoms with van der Waals surface area (Å²) in [4.78, 5) is 0. The fraction of sp³-hybridized carbons (Fsp3) is 0. The van der Waals surface area contributed by atoms with Crippen molar-refractivity contribution in [1.82, 2.24) is 0 Å². The second-order valence-electron chi connectivity index (χ2n) is 12.8. The van der Waals surface area contributed by atoms with Gasteiger partial charge in [0.15, 0.2) is 0 Å². The smallest absolute Gasteiger partial charge is 0.147 e. The number of rotatable bonds is 2. The summed E-state index contributed by atoms with van der Waals surface area (Å²) in [5, 5.41) is 14.0. The highest BCUT2D eigenvalue weighted by Gasteiger charge is 2.20. The average molecular weight is 611 g/mol. The van der Waals surface area contributed by atoms with Crippen LogP contribution in [0.3, 0.4) is 0 Å². The number of para-hydroxylation sites is 1. The van der Waals surface area contributed by atoms with E-state index >= 15 is 0 Å². The molecular weight excluding hydrogens is 585 g/mol. The molecule has 48 heavy (non-hydrogen) atoms. The van der Waals surface area contributed by atoms with E-state index in [1.807, 2.05) is 12.1 Å². The Labute approximate surface area is 275 Å². The molecule has 9 aromatic carbocycles. The van der Waals surface area contributed by atoms with Crippen LogP contribution in [-0.2, 0) is 0 Å². The molecule has 0 N–H and O–H groups in total. The zero-order chi connectivity index (χ0) is 31.3. The van der Waals surface area contributed by atoms with Crippen LogP contribution < -0.4 is 0 Å². The highest BCUT2D eigenvalue weighted by atomic mass is 16.3. The molecule has 222 valence electrons.